The number of aliphatic imine (C=N–C) groups is 1. The van der Waals surface area contributed by atoms with Gasteiger partial charge in [0.25, 0.3) is 0 Å². The number of pyridine rings is 1. The molecule has 1 aromatic heterocycles. The lowest BCUT2D eigenvalue weighted by Gasteiger charge is -2.22. The van der Waals surface area contributed by atoms with Crippen LogP contribution in [0.1, 0.15) is 60.3 Å². The zero-order valence-electron chi connectivity index (χ0n) is 28.7. The molecule has 49 heavy (non-hydrogen) atoms. The molecule has 1 aliphatic rings. The van der Waals surface area contributed by atoms with Crippen LogP contribution in [-0.2, 0) is 0 Å². The van der Waals surface area contributed by atoms with Crippen LogP contribution in [0.2, 0.25) is 0 Å². The van der Waals surface area contributed by atoms with E-state index in [1.165, 1.54) is 16.3 Å². The molecule has 0 bridgehead atoms. The molecule has 4 aromatic rings. The average Bonchev–Trinajstić information content (AvgIpc) is 3.30. The van der Waals surface area contributed by atoms with Crippen LogP contribution in [0.25, 0.3) is 51.3 Å². The van der Waals surface area contributed by atoms with Gasteiger partial charge in [-0.15, -0.1) is 0 Å². The van der Waals surface area contributed by atoms with Crippen molar-refractivity contribution in [2.24, 2.45) is 4.99 Å². The van der Waals surface area contributed by atoms with Crippen molar-refractivity contribution < 1.29 is 0 Å². The summed E-state index contributed by atoms with van der Waals surface area (Å²) in [6.07, 6.45) is 25.1. The van der Waals surface area contributed by atoms with Gasteiger partial charge in [-0.2, -0.15) is 0 Å². The summed E-state index contributed by atoms with van der Waals surface area (Å²) in [5, 5.41) is 5.93. The van der Waals surface area contributed by atoms with E-state index in [4.69, 9.17) is 4.98 Å². The number of hydrogen-bond acceptors (Lipinski definition) is 3. The molecule has 2 heterocycles. The van der Waals surface area contributed by atoms with Gasteiger partial charge in [0.2, 0.25) is 0 Å². The maximum absolute atomic E-state index is 4.90. The van der Waals surface area contributed by atoms with Crippen LogP contribution in [0.4, 0.5) is 0 Å². The Balaban J connectivity index is 1.52. The zero-order chi connectivity index (χ0) is 34.8. The van der Waals surface area contributed by atoms with Gasteiger partial charge in [-0.05, 0) is 98.5 Å². The Morgan fingerprint density at radius 1 is 0.878 bits per heavy atom. The molecule has 3 nitrogen and oxygen atoms in total. The number of nitrogens with one attached hydrogen (secondary N) is 1. The smallest absolute Gasteiger partial charge is 0.0715 e. The van der Waals surface area contributed by atoms with Gasteiger partial charge in [0.1, 0.15) is 0 Å². The van der Waals surface area contributed by atoms with Crippen molar-refractivity contribution >= 4 is 46.4 Å². The summed E-state index contributed by atoms with van der Waals surface area (Å²) in [5.41, 5.74) is 12.3. The fraction of sp³-hybridized carbons (Fsp3) is 0.0870. The first-order chi connectivity index (χ1) is 23.9. The fourth-order valence-electron chi connectivity index (χ4n) is 6.19. The maximum atomic E-state index is 4.90. The van der Waals surface area contributed by atoms with E-state index in [2.05, 4.69) is 111 Å². The minimum absolute atomic E-state index is 0.264. The number of nitrogens with zero attached hydrogens (tertiary/aromatic N) is 2. The zero-order valence-corrected chi connectivity index (χ0v) is 28.7. The van der Waals surface area contributed by atoms with Gasteiger partial charge in [0, 0.05) is 29.9 Å². The largest absolute Gasteiger partial charge is 0.361 e. The first-order valence-corrected chi connectivity index (χ1v) is 16.5. The van der Waals surface area contributed by atoms with Crippen molar-refractivity contribution in [2.75, 3.05) is 0 Å². The number of fused-ring (bicyclic) bond motifs is 1. The van der Waals surface area contributed by atoms with E-state index in [-0.39, 0.29) is 5.92 Å². The molecule has 0 saturated heterocycles. The highest BCUT2D eigenvalue weighted by Gasteiger charge is 2.20. The lowest BCUT2D eigenvalue weighted by Crippen LogP contribution is -2.09. The Hall–Kier alpha value is -6.06. The number of hydrogen-bond donors (Lipinski definition) is 1. The van der Waals surface area contributed by atoms with Crippen molar-refractivity contribution in [3.8, 4) is 11.1 Å². The summed E-state index contributed by atoms with van der Waals surface area (Å²) >= 11 is 0. The van der Waals surface area contributed by atoms with E-state index in [1.54, 1.807) is 18.4 Å². The molecule has 242 valence electrons. The lowest BCUT2D eigenvalue weighted by atomic mass is 9.83. The molecule has 0 atom stereocenters. The van der Waals surface area contributed by atoms with Crippen LogP contribution in [0.5, 0.6) is 0 Å². The van der Waals surface area contributed by atoms with Crippen LogP contribution >= 0.6 is 0 Å². The molecule has 0 unspecified atom stereocenters. The van der Waals surface area contributed by atoms with Crippen molar-refractivity contribution in [1.29, 1.82) is 0 Å². The minimum Gasteiger partial charge on any atom is -0.361 e. The Morgan fingerprint density at radius 3 is 2.39 bits per heavy atom. The molecule has 0 fully saturated rings. The molecule has 0 aliphatic carbocycles. The van der Waals surface area contributed by atoms with Crippen LogP contribution in [0.3, 0.4) is 0 Å². The maximum Gasteiger partial charge on any atom is 0.0715 e. The van der Waals surface area contributed by atoms with E-state index in [0.717, 1.165) is 61.6 Å². The van der Waals surface area contributed by atoms with Crippen molar-refractivity contribution in [3.05, 3.63) is 193 Å². The van der Waals surface area contributed by atoms with Crippen molar-refractivity contribution in [3.63, 3.8) is 0 Å². The Morgan fingerprint density at radius 2 is 1.67 bits per heavy atom. The predicted octanol–water partition coefficient (Wildman–Crippen LogP) is 12.1. The van der Waals surface area contributed by atoms with E-state index >= 15 is 0 Å². The summed E-state index contributed by atoms with van der Waals surface area (Å²) in [5.74, 6) is 0.264. The van der Waals surface area contributed by atoms with Gasteiger partial charge < -0.3 is 5.32 Å². The monoisotopic (exact) mass is 637 g/mol. The highest BCUT2D eigenvalue weighted by Crippen LogP contribution is 2.39. The quantitative estimate of drug-likeness (QED) is 0.157. The van der Waals surface area contributed by atoms with Crippen molar-refractivity contribution in [1.82, 2.24) is 10.3 Å². The van der Waals surface area contributed by atoms with Crippen LogP contribution in [0.15, 0.2) is 164 Å². The highest BCUT2D eigenvalue weighted by molar-refractivity contribution is 6.06. The van der Waals surface area contributed by atoms with Gasteiger partial charge in [-0.3, -0.25) is 4.99 Å². The molecule has 3 aromatic carbocycles. The topological polar surface area (TPSA) is 37.3 Å². The molecular formula is C46H43N3. The van der Waals surface area contributed by atoms with E-state index in [0.29, 0.717) is 0 Å². The third-order valence-electron chi connectivity index (χ3n) is 8.34. The van der Waals surface area contributed by atoms with Gasteiger partial charge in [-0.25, -0.2) is 4.98 Å². The second kappa shape index (κ2) is 16.2. The normalized spacial score (nSPS) is 13.7. The lowest BCUT2D eigenvalue weighted by molar-refractivity contribution is 0.872. The second-order valence-electron chi connectivity index (χ2n) is 11.9. The van der Waals surface area contributed by atoms with Crippen LogP contribution in [-0.4, -0.2) is 11.2 Å². The van der Waals surface area contributed by atoms with Gasteiger partial charge in [0.05, 0.1) is 11.4 Å². The number of allylic oxidation sites excluding steroid dienone is 10. The van der Waals surface area contributed by atoms with E-state index < -0.39 is 0 Å². The third kappa shape index (κ3) is 7.75. The average molecular weight is 638 g/mol. The van der Waals surface area contributed by atoms with Crippen LogP contribution in [0, 0.1) is 0 Å². The van der Waals surface area contributed by atoms with Crippen LogP contribution < -0.4 is 5.32 Å². The summed E-state index contributed by atoms with van der Waals surface area (Å²) in [6, 6.07) is 23.3. The first kappa shape index (κ1) is 34.3. The molecule has 3 heteroatoms. The third-order valence-corrected chi connectivity index (χ3v) is 8.34. The molecule has 0 spiro atoms. The van der Waals surface area contributed by atoms with E-state index in [9.17, 15) is 0 Å². The van der Waals surface area contributed by atoms with Gasteiger partial charge in [0.15, 0.2) is 0 Å². The Kier molecular flexibility index (Phi) is 11.3. The Bertz CT molecular complexity index is 2130. The van der Waals surface area contributed by atoms with E-state index in [1.807, 2.05) is 74.0 Å². The van der Waals surface area contributed by atoms with Gasteiger partial charge in [-0.1, -0.05) is 137 Å². The standard InChI is InChI=1S/C46H43N3/c1-8-17-34(10-3)44-30-37(35-19-13-12-14-20-35)29-38(49-44)21-15-16-27-48-43-26-28-47-31-33(7)46(43)42-25-24-40-39(11-4)36(18-9-2)22-23-41(40)45(42)32(5)6/h8-32,48H,1,3-4,7H2,2,5-6H3/b18-9-,21-15+,27-16+,34-17+. The SMILES string of the molecule is C=C/C=C(\C=C)c1cc(-c2ccccc2)cc(/C=C/C=C/NC2=C(c3ccc4c(C=C)c(/C=C\C)ccc4c3C(C)C)C(=C)C=NC=C2)n1. The molecular weight excluding hydrogens is 595 g/mol. The molecule has 1 aliphatic heterocycles. The van der Waals surface area contributed by atoms with Gasteiger partial charge >= 0.3 is 0 Å². The summed E-state index contributed by atoms with van der Waals surface area (Å²) in [7, 11) is 0. The summed E-state index contributed by atoms with van der Waals surface area (Å²) < 4.78 is 0. The molecule has 0 saturated carbocycles. The van der Waals surface area contributed by atoms with Crippen molar-refractivity contribution in [2.45, 2.75) is 26.7 Å². The number of benzene rings is 3. The predicted molar refractivity (Wildman–Crippen MR) is 216 cm³/mol. The first-order valence-electron chi connectivity index (χ1n) is 16.5. The number of aromatic nitrogens is 1. The molecule has 0 radical (unpaired) electrons. The molecule has 1 N–H and O–H groups in total. The molecule has 0 amide bonds. The minimum atomic E-state index is 0.264. The summed E-state index contributed by atoms with van der Waals surface area (Å²) in [6.45, 7) is 22.9. The Labute approximate surface area is 291 Å². The fourth-order valence-corrected chi connectivity index (χ4v) is 6.19. The second-order valence-corrected chi connectivity index (χ2v) is 11.9. The highest BCUT2D eigenvalue weighted by atomic mass is 14.9. The summed E-state index contributed by atoms with van der Waals surface area (Å²) in [4.78, 5) is 9.36. The molecule has 5 rings (SSSR count). The number of rotatable bonds is 12.